The standard InChI is InChI=1S/C33H60N2O9/c1-12-23-17-35-16-18(3)15-32(8,39)28(44-31-27(37)24(34(10)11)14-19(4)41-31)20(5)26(36)21(6)30(38)43-25(13-2)33(9,40)29(42-23)22(35)7/h12,18-29,31,36-37,39-40H,1,13-17H2,2-11H3/t18-,19-,20+,21-,22-,23?,24+,25-,26+,27-,28-,29+,31-,32-,33-/m1/s1. The van der Waals surface area contributed by atoms with Crippen molar-refractivity contribution in [2.75, 3.05) is 27.2 Å². The zero-order valence-electron chi connectivity index (χ0n) is 28.6. The molecule has 3 aliphatic heterocycles. The lowest BCUT2D eigenvalue weighted by Gasteiger charge is -2.50. The SMILES string of the molecule is C=CC1CN2C[C@H](C)C[C@@](C)(O)[C@H](O[C@H]3O[C@H](C)C[C@H](N(C)C)[C@H]3O)[C@@H](C)[C@H](O)[C@@H](C)C(=O)O[C@H](CC)[C@@](C)(O)[C@@H](O1)[C@H]2C. The molecule has 11 heteroatoms. The molecule has 0 amide bonds. The topological polar surface area (TPSA) is 141 Å². The number of carbonyl (C=O) groups excluding carboxylic acids is 1. The maximum atomic E-state index is 13.5. The second-order valence-electron chi connectivity index (χ2n) is 14.5. The molecule has 3 saturated heterocycles. The van der Waals surface area contributed by atoms with Crippen LogP contribution in [0.1, 0.15) is 74.7 Å². The Kier molecular flexibility index (Phi) is 12.5. The van der Waals surface area contributed by atoms with Crippen LogP contribution in [0.25, 0.3) is 0 Å². The lowest BCUT2D eigenvalue weighted by molar-refractivity contribution is -0.299. The third kappa shape index (κ3) is 8.04. The number of nitrogens with zero attached hydrogens (tertiary/aromatic N) is 2. The smallest absolute Gasteiger partial charge is 0.311 e. The van der Waals surface area contributed by atoms with Crippen molar-refractivity contribution < 1.29 is 44.2 Å². The third-order valence-electron chi connectivity index (χ3n) is 10.2. The van der Waals surface area contributed by atoms with Gasteiger partial charge in [0.05, 0.1) is 35.9 Å². The summed E-state index contributed by atoms with van der Waals surface area (Å²) in [5, 5.41) is 46.8. The highest BCUT2D eigenvalue weighted by Crippen LogP contribution is 2.38. The van der Waals surface area contributed by atoms with Crippen LogP contribution >= 0.6 is 0 Å². The second-order valence-corrected chi connectivity index (χ2v) is 14.5. The largest absolute Gasteiger partial charge is 0.459 e. The lowest BCUT2D eigenvalue weighted by Crippen LogP contribution is -2.65. The minimum absolute atomic E-state index is 0.0508. The van der Waals surface area contributed by atoms with Crippen LogP contribution in [0, 0.1) is 17.8 Å². The van der Waals surface area contributed by atoms with Crippen molar-refractivity contribution in [2.24, 2.45) is 17.8 Å². The van der Waals surface area contributed by atoms with Gasteiger partial charge in [0.25, 0.3) is 0 Å². The summed E-state index contributed by atoms with van der Waals surface area (Å²) >= 11 is 0. The fourth-order valence-electron chi connectivity index (χ4n) is 7.67. The summed E-state index contributed by atoms with van der Waals surface area (Å²) in [6.45, 7) is 19.5. The Balaban J connectivity index is 2.04. The van der Waals surface area contributed by atoms with E-state index in [1.165, 1.54) is 0 Å². The van der Waals surface area contributed by atoms with Crippen LogP contribution in [-0.2, 0) is 23.7 Å². The van der Waals surface area contributed by atoms with Gasteiger partial charge in [-0.1, -0.05) is 26.8 Å². The van der Waals surface area contributed by atoms with E-state index in [0.29, 0.717) is 32.4 Å². The number of hydrogen-bond donors (Lipinski definition) is 4. The van der Waals surface area contributed by atoms with E-state index in [1.807, 2.05) is 46.7 Å². The molecule has 2 bridgehead atoms. The van der Waals surface area contributed by atoms with Crippen LogP contribution < -0.4 is 0 Å². The molecule has 2 unspecified atom stereocenters. The molecule has 0 aromatic heterocycles. The number of cyclic esters (lactones) is 1. The highest BCUT2D eigenvalue weighted by atomic mass is 16.7. The van der Waals surface area contributed by atoms with Gasteiger partial charge in [0.2, 0.25) is 0 Å². The van der Waals surface area contributed by atoms with Crippen LogP contribution in [0.15, 0.2) is 12.7 Å². The Morgan fingerprint density at radius 3 is 2.27 bits per heavy atom. The van der Waals surface area contributed by atoms with E-state index in [4.69, 9.17) is 18.9 Å². The van der Waals surface area contributed by atoms with Crippen molar-refractivity contribution >= 4 is 5.97 Å². The minimum Gasteiger partial charge on any atom is -0.459 e. The summed E-state index contributed by atoms with van der Waals surface area (Å²) < 4.78 is 24.8. The molecule has 11 nitrogen and oxygen atoms in total. The van der Waals surface area contributed by atoms with Gasteiger partial charge in [-0.25, -0.2) is 0 Å². The highest BCUT2D eigenvalue weighted by molar-refractivity contribution is 5.73. The molecule has 3 rings (SSSR count). The molecular weight excluding hydrogens is 568 g/mol. The maximum absolute atomic E-state index is 13.5. The molecular formula is C33H60N2O9. The molecule has 0 aliphatic carbocycles. The summed E-state index contributed by atoms with van der Waals surface area (Å²) in [5.74, 6) is -2.49. The molecule has 0 radical (unpaired) electrons. The molecule has 3 heterocycles. The maximum Gasteiger partial charge on any atom is 0.311 e. The number of hydrogen-bond acceptors (Lipinski definition) is 11. The summed E-state index contributed by atoms with van der Waals surface area (Å²) in [4.78, 5) is 17.7. The van der Waals surface area contributed by atoms with Gasteiger partial charge in [-0.2, -0.15) is 0 Å². The number of morpholine rings is 1. The van der Waals surface area contributed by atoms with Gasteiger partial charge in [-0.3, -0.25) is 9.69 Å². The van der Waals surface area contributed by atoms with Crippen molar-refractivity contribution in [2.45, 2.75) is 147 Å². The molecule has 16 atom stereocenters. The Bertz CT molecular complexity index is 962. The zero-order valence-corrected chi connectivity index (χ0v) is 28.6. The van der Waals surface area contributed by atoms with Gasteiger partial charge < -0.3 is 44.3 Å². The quantitative estimate of drug-likeness (QED) is 0.262. The monoisotopic (exact) mass is 628 g/mol. The van der Waals surface area contributed by atoms with E-state index < -0.39 is 65.8 Å². The van der Waals surface area contributed by atoms with E-state index in [9.17, 15) is 25.2 Å². The lowest BCUT2D eigenvalue weighted by atomic mass is 9.78. The normalized spacial score (nSPS) is 49.9. The predicted molar refractivity (Wildman–Crippen MR) is 167 cm³/mol. The van der Waals surface area contributed by atoms with Crippen LogP contribution in [0.2, 0.25) is 0 Å². The first-order chi connectivity index (χ1) is 20.3. The fourth-order valence-corrected chi connectivity index (χ4v) is 7.67. The number of carbonyl (C=O) groups is 1. The Hall–Kier alpha value is -1.15. The van der Waals surface area contributed by atoms with Crippen molar-refractivity contribution in [3.05, 3.63) is 12.7 Å². The van der Waals surface area contributed by atoms with Crippen LogP contribution in [0.4, 0.5) is 0 Å². The van der Waals surface area contributed by atoms with E-state index >= 15 is 0 Å². The zero-order chi connectivity index (χ0) is 33.3. The number of ether oxygens (including phenoxy) is 4. The van der Waals surface area contributed by atoms with Crippen LogP contribution in [0.5, 0.6) is 0 Å². The van der Waals surface area contributed by atoms with Crippen molar-refractivity contribution in [1.29, 1.82) is 0 Å². The van der Waals surface area contributed by atoms with Gasteiger partial charge >= 0.3 is 5.97 Å². The summed E-state index contributed by atoms with van der Waals surface area (Å²) in [7, 11) is 3.78. The predicted octanol–water partition coefficient (Wildman–Crippen LogP) is 1.94. The number of likely N-dealkylation sites (N-methyl/N-ethyl adjacent to an activating group) is 1. The first-order valence-electron chi connectivity index (χ1n) is 16.4. The van der Waals surface area contributed by atoms with Crippen molar-refractivity contribution in [3.63, 3.8) is 0 Å². The first-order valence-corrected chi connectivity index (χ1v) is 16.4. The highest BCUT2D eigenvalue weighted by Gasteiger charge is 2.52. The van der Waals surface area contributed by atoms with Crippen LogP contribution in [0.3, 0.4) is 0 Å². The van der Waals surface area contributed by atoms with E-state index in [-0.39, 0.29) is 30.2 Å². The molecule has 256 valence electrons. The number of rotatable bonds is 5. The molecule has 3 aliphatic rings. The minimum atomic E-state index is -1.53. The number of aliphatic hydroxyl groups is 4. The molecule has 0 aromatic carbocycles. The summed E-state index contributed by atoms with van der Waals surface area (Å²) in [5.41, 5.74) is -3.01. The first kappa shape index (κ1) is 37.3. The van der Waals surface area contributed by atoms with E-state index in [1.54, 1.807) is 33.8 Å². The van der Waals surface area contributed by atoms with Gasteiger partial charge in [0.15, 0.2) is 6.29 Å². The molecule has 0 aromatic rings. The van der Waals surface area contributed by atoms with Crippen LogP contribution in [-0.4, -0.2) is 136 Å². The molecule has 44 heavy (non-hydrogen) atoms. The molecule has 4 N–H and O–H groups in total. The molecule has 0 saturated carbocycles. The Labute approximate surface area is 264 Å². The van der Waals surface area contributed by atoms with E-state index in [0.717, 1.165) is 0 Å². The van der Waals surface area contributed by atoms with Crippen molar-refractivity contribution in [1.82, 2.24) is 9.80 Å². The third-order valence-corrected chi connectivity index (χ3v) is 10.2. The molecule has 0 spiro atoms. The van der Waals surface area contributed by atoms with E-state index in [2.05, 4.69) is 11.5 Å². The number of esters is 1. The van der Waals surface area contributed by atoms with Gasteiger partial charge in [-0.15, -0.1) is 6.58 Å². The summed E-state index contributed by atoms with van der Waals surface area (Å²) in [6, 6.07) is -0.466. The number of aliphatic hydroxyl groups excluding tert-OH is 2. The van der Waals surface area contributed by atoms with Gasteiger partial charge in [0, 0.05) is 31.1 Å². The fraction of sp³-hybridized carbons (Fsp3) is 0.909. The Morgan fingerprint density at radius 2 is 1.70 bits per heavy atom. The molecule has 3 fully saturated rings. The second kappa shape index (κ2) is 14.7. The average Bonchev–Trinajstić information content (AvgIpc) is 2.94. The van der Waals surface area contributed by atoms with Gasteiger partial charge in [0.1, 0.15) is 23.9 Å². The number of fused-ring (bicyclic) bond motifs is 2. The Morgan fingerprint density at radius 1 is 1.07 bits per heavy atom. The average molecular weight is 629 g/mol. The summed E-state index contributed by atoms with van der Waals surface area (Å²) in [6.07, 6.45) is -3.51. The van der Waals surface area contributed by atoms with Crippen molar-refractivity contribution in [3.8, 4) is 0 Å². The van der Waals surface area contributed by atoms with Gasteiger partial charge in [-0.05, 0) is 73.9 Å².